The average molecular weight is 302 g/mol. The predicted molar refractivity (Wildman–Crippen MR) is 81.2 cm³/mol. The molecule has 0 bridgehead atoms. The Morgan fingerprint density at radius 3 is 2.67 bits per heavy atom. The minimum atomic E-state index is -0.545. The third kappa shape index (κ3) is 3.54. The molecule has 0 unspecified atom stereocenters. The molecule has 5 N–H and O–H groups in total. The highest BCUT2D eigenvalue weighted by Gasteiger charge is 2.16. The third-order valence-corrected chi connectivity index (χ3v) is 3.65. The summed E-state index contributed by atoms with van der Waals surface area (Å²) < 4.78 is 0. The smallest absolute Gasteiger partial charge is 0.259 e. The van der Waals surface area contributed by atoms with E-state index in [0.717, 1.165) is 10.4 Å². The zero-order valence-electron chi connectivity index (χ0n) is 11.1. The molecule has 0 aliphatic heterocycles. The number of hydrogen-bond donors (Lipinski definition) is 4. The van der Waals surface area contributed by atoms with Gasteiger partial charge in [0.25, 0.3) is 5.91 Å². The first-order valence-electron chi connectivity index (χ1n) is 6.18. The highest BCUT2D eigenvalue weighted by Crippen LogP contribution is 2.26. The molecule has 108 valence electrons. The van der Waals surface area contributed by atoms with E-state index < -0.39 is 5.91 Å². The van der Waals surface area contributed by atoms with Gasteiger partial charge in [-0.1, -0.05) is 17.9 Å². The second kappa shape index (κ2) is 6.79. The summed E-state index contributed by atoms with van der Waals surface area (Å²) in [7, 11) is 0. The van der Waals surface area contributed by atoms with Crippen molar-refractivity contribution in [2.24, 2.45) is 5.73 Å². The molecule has 5 nitrogen and oxygen atoms in total. The van der Waals surface area contributed by atoms with Gasteiger partial charge in [0.05, 0.1) is 13.1 Å². The van der Waals surface area contributed by atoms with E-state index in [1.54, 1.807) is 0 Å². The van der Waals surface area contributed by atoms with Crippen LogP contribution in [0.4, 0.5) is 0 Å². The van der Waals surface area contributed by atoms with Crippen LogP contribution in [0.2, 0.25) is 0 Å². The number of phenols is 2. The Balaban J connectivity index is 2.10. The number of amides is 1. The zero-order valence-corrected chi connectivity index (χ0v) is 11.9. The topological polar surface area (TPSA) is 95.6 Å². The first kappa shape index (κ1) is 14.9. The maximum absolute atomic E-state index is 12.0. The maximum Gasteiger partial charge on any atom is 0.259 e. The fraction of sp³-hybridized carbons (Fsp3) is 0.133. The lowest BCUT2D eigenvalue weighted by atomic mass is 10.1. The SMILES string of the molecule is NCC#Cc1ccsc1CNC(=O)c1c(O)cccc1O. The van der Waals surface area contributed by atoms with Crippen LogP contribution in [0, 0.1) is 11.8 Å². The Labute approximate surface area is 126 Å². The van der Waals surface area contributed by atoms with E-state index in [-0.39, 0.29) is 30.2 Å². The van der Waals surface area contributed by atoms with Gasteiger partial charge in [0, 0.05) is 10.4 Å². The number of rotatable bonds is 3. The summed E-state index contributed by atoms with van der Waals surface area (Å²) >= 11 is 1.46. The molecule has 2 rings (SSSR count). The number of hydrogen-bond acceptors (Lipinski definition) is 5. The number of phenolic OH excluding ortho intramolecular Hbond substituents is 2. The van der Waals surface area contributed by atoms with Gasteiger partial charge in [-0.15, -0.1) is 11.3 Å². The van der Waals surface area contributed by atoms with Gasteiger partial charge in [-0.25, -0.2) is 0 Å². The van der Waals surface area contributed by atoms with E-state index in [4.69, 9.17) is 5.73 Å². The second-order valence-electron chi connectivity index (χ2n) is 4.12. The highest BCUT2D eigenvalue weighted by atomic mass is 32.1. The van der Waals surface area contributed by atoms with Crippen molar-refractivity contribution in [2.45, 2.75) is 6.54 Å². The molecule has 0 radical (unpaired) electrons. The van der Waals surface area contributed by atoms with Crippen LogP contribution >= 0.6 is 11.3 Å². The Morgan fingerprint density at radius 2 is 2.00 bits per heavy atom. The number of aromatic hydroxyl groups is 2. The summed E-state index contributed by atoms with van der Waals surface area (Å²) in [6.07, 6.45) is 0. The Hall–Kier alpha value is -2.49. The molecule has 0 aliphatic rings. The number of carbonyl (C=O) groups excluding carboxylic acids is 1. The maximum atomic E-state index is 12.0. The molecule has 0 fully saturated rings. The Kier molecular flexibility index (Phi) is 4.82. The van der Waals surface area contributed by atoms with E-state index in [2.05, 4.69) is 17.2 Å². The number of carbonyl (C=O) groups is 1. The molecule has 0 atom stereocenters. The molecule has 2 aromatic rings. The van der Waals surface area contributed by atoms with Crippen molar-refractivity contribution >= 4 is 17.2 Å². The summed E-state index contributed by atoms with van der Waals surface area (Å²) in [5.74, 6) is 4.62. The van der Waals surface area contributed by atoms with Gasteiger partial charge in [0.15, 0.2) is 0 Å². The Bertz CT molecular complexity index is 693. The average Bonchev–Trinajstić information content (AvgIpc) is 2.90. The van der Waals surface area contributed by atoms with Gasteiger partial charge in [-0.3, -0.25) is 4.79 Å². The minimum Gasteiger partial charge on any atom is -0.507 e. The van der Waals surface area contributed by atoms with E-state index >= 15 is 0 Å². The van der Waals surface area contributed by atoms with Crippen LogP contribution in [0.5, 0.6) is 11.5 Å². The summed E-state index contributed by atoms with van der Waals surface area (Å²) in [6.45, 7) is 0.534. The molecule has 1 heterocycles. The van der Waals surface area contributed by atoms with Crippen LogP contribution < -0.4 is 11.1 Å². The van der Waals surface area contributed by atoms with Crippen molar-refractivity contribution in [1.29, 1.82) is 0 Å². The lowest BCUT2D eigenvalue weighted by molar-refractivity contribution is 0.0946. The van der Waals surface area contributed by atoms with Crippen molar-refractivity contribution in [2.75, 3.05) is 6.54 Å². The van der Waals surface area contributed by atoms with Gasteiger partial charge in [0.2, 0.25) is 0 Å². The van der Waals surface area contributed by atoms with Gasteiger partial charge in [0.1, 0.15) is 17.1 Å². The van der Waals surface area contributed by atoms with E-state index in [1.807, 2.05) is 11.4 Å². The largest absolute Gasteiger partial charge is 0.507 e. The Morgan fingerprint density at radius 1 is 1.29 bits per heavy atom. The minimum absolute atomic E-state index is 0.136. The summed E-state index contributed by atoms with van der Waals surface area (Å²) in [5.41, 5.74) is 6.01. The molecular weight excluding hydrogens is 288 g/mol. The zero-order chi connectivity index (χ0) is 15.2. The molecule has 1 amide bonds. The number of thiophene rings is 1. The van der Waals surface area contributed by atoms with Crippen molar-refractivity contribution in [3.63, 3.8) is 0 Å². The van der Waals surface area contributed by atoms with Crippen LogP contribution in [-0.4, -0.2) is 22.7 Å². The van der Waals surface area contributed by atoms with Gasteiger partial charge >= 0.3 is 0 Å². The summed E-state index contributed by atoms with van der Waals surface area (Å²) in [4.78, 5) is 12.9. The number of benzene rings is 1. The molecule has 0 saturated carbocycles. The van der Waals surface area contributed by atoms with E-state index in [1.165, 1.54) is 29.5 Å². The molecule has 1 aromatic carbocycles. The molecular formula is C15H14N2O3S. The monoisotopic (exact) mass is 302 g/mol. The lowest BCUT2D eigenvalue weighted by Gasteiger charge is -2.07. The van der Waals surface area contributed by atoms with Crippen LogP contribution in [0.1, 0.15) is 20.8 Å². The van der Waals surface area contributed by atoms with Crippen LogP contribution in [0.15, 0.2) is 29.6 Å². The molecule has 0 saturated heterocycles. The van der Waals surface area contributed by atoms with Crippen molar-refractivity contribution in [3.8, 4) is 23.3 Å². The van der Waals surface area contributed by atoms with E-state index in [0.29, 0.717) is 0 Å². The van der Waals surface area contributed by atoms with Crippen molar-refractivity contribution in [1.82, 2.24) is 5.32 Å². The lowest BCUT2D eigenvalue weighted by Crippen LogP contribution is -2.22. The number of nitrogens with one attached hydrogen (secondary N) is 1. The van der Waals surface area contributed by atoms with Crippen LogP contribution in [0.3, 0.4) is 0 Å². The first-order chi connectivity index (χ1) is 10.1. The molecule has 6 heteroatoms. The van der Waals surface area contributed by atoms with Crippen LogP contribution in [0.25, 0.3) is 0 Å². The quantitative estimate of drug-likeness (QED) is 0.644. The predicted octanol–water partition coefficient (Wildman–Crippen LogP) is 1.40. The van der Waals surface area contributed by atoms with Gasteiger partial charge in [-0.05, 0) is 23.6 Å². The first-order valence-corrected chi connectivity index (χ1v) is 7.06. The highest BCUT2D eigenvalue weighted by molar-refractivity contribution is 7.10. The molecule has 21 heavy (non-hydrogen) atoms. The van der Waals surface area contributed by atoms with Crippen molar-refractivity contribution < 1.29 is 15.0 Å². The third-order valence-electron chi connectivity index (χ3n) is 2.73. The molecule has 0 aliphatic carbocycles. The fourth-order valence-electron chi connectivity index (χ4n) is 1.75. The van der Waals surface area contributed by atoms with Crippen molar-refractivity contribution in [3.05, 3.63) is 45.6 Å². The van der Waals surface area contributed by atoms with Gasteiger partial charge in [-0.2, -0.15) is 0 Å². The molecule has 1 aromatic heterocycles. The van der Waals surface area contributed by atoms with E-state index in [9.17, 15) is 15.0 Å². The van der Waals surface area contributed by atoms with Crippen LogP contribution in [-0.2, 0) is 6.54 Å². The van der Waals surface area contributed by atoms with Gasteiger partial charge < -0.3 is 21.3 Å². The number of nitrogens with two attached hydrogens (primary N) is 1. The fourth-order valence-corrected chi connectivity index (χ4v) is 2.51. The molecule has 0 spiro atoms. The standard InChI is InChI=1S/C15H14N2O3S/c16-7-2-3-10-6-8-21-13(10)9-17-15(20)14-11(18)4-1-5-12(14)19/h1,4-6,8,18-19H,7,9,16H2,(H,17,20). The normalized spacial score (nSPS) is 9.76. The second-order valence-corrected chi connectivity index (χ2v) is 5.12. The summed E-state index contributed by atoms with van der Waals surface area (Å²) in [5, 5.41) is 23.8. The summed E-state index contributed by atoms with van der Waals surface area (Å²) in [6, 6.07) is 6.00.